The van der Waals surface area contributed by atoms with Crippen LogP contribution in [-0.2, 0) is 4.79 Å². The Bertz CT molecular complexity index is 362. The largest absolute Gasteiger partial charge is 0.481 e. The van der Waals surface area contributed by atoms with Crippen LogP contribution in [0.5, 0.6) is 0 Å². The summed E-state index contributed by atoms with van der Waals surface area (Å²) in [7, 11) is 0. The normalized spacial score (nSPS) is 12.7. The van der Waals surface area contributed by atoms with Crippen LogP contribution in [0.3, 0.4) is 0 Å². The average molecular weight is 307 g/mol. The first-order valence-electron chi connectivity index (χ1n) is 5.16. The summed E-state index contributed by atoms with van der Waals surface area (Å²) in [4.78, 5) is 12.4. The maximum Gasteiger partial charge on any atom is 0.303 e. The molecular weight excluding hydrogens is 292 g/mol. The van der Waals surface area contributed by atoms with E-state index < -0.39 is 12.1 Å². The molecule has 0 aliphatic heterocycles. The first kappa shape index (κ1) is 13.7. The van der Waals surface area contributed by atoms with E-state index in [1.807, 2.05) is 13.0 Å². The highest BCUT2D eigenvalue weighted by Gasteiger charge is 2.14. The molecule has 1 aromatic heterocycles. The van der Waals surface area contributed by atoms with Crippen LogP contribution in [0, 0.1) is 6.92 Å². The Morgan fingerprint density at radius 3 is 2.75 bits per heavy atom. The molecule has 0 saturated carbocycles. The van der Waals surface area contributed by atoms with E-state index in [9.17, 15) is 9.90 Å². The second-order valence-electron chi connectivity index (χ2n) is 3.72. The van der Waals surface area contributed by atoms with Gasteiger partial charge in [-0.15, -0.1) is 11.3 Å². The van der Waals surface area contributed by atoms with Crippen molar-refractivity contribution in [2.75, 3.05) is 0 Å². The van der Waals surface area contributed by atoms with Gasteiger partial charge in [-0.1, -0.05) is 0 Å². The van der Waals surface area contributed by atoms with E-state index in [2.05, 4.69) is 15.9 Å². The average Bonchev–Trinajstić information content (AvgIpc) is 2.52. The van der Waals surface area contributed by atoms with Gasteiger partial charge in [0.1, 0.15) is 0 Å². The van der Waals surface area contributed by atoms with Crippen molar-refractivity contribution >= 4 is 33.2 Å². The summed E-state index contributed by atoms with van der Waals surface area (Å²) in [5.74, 6) is -0.775. The van der Waals surface area contributed by atoms with Crippen LogP contribution in [0.1, 0.15) is 41.5 Å². The summed E-state index contributed by atoms with van der Waals surface area (Å²) >= 11 is 4.98. The number of carboxylic acids is 1. The van der Waals surface area contributed by atoms with Gasteiger partial charge in [0.25, 0.3) is 0 Å². The topological polar surface area (TPSA) is 57.5 Å². The molecule has 0 aliphatic rings. The molecule has 3 nitrogen and oxygen atoms in total. The molecule has 0 saturated heterocycles. The summed E-state index contributed by atoms with van der Waals surface area (Å²) in [6.07, 6.45) is 1.66. The minimum atomic E-state index is -0.775. The zero-order valence-electron chi connectivity index (χ0n) is 9.07. The van der Waals surface area contributed by atoms with Crippen molar-refractivity contribution in [1.82, 2.24) is 0 Å². The zero-order chi connectivity index (χ0) is 12.1. The first-order valence-corrected chi connectivity index (χ1v) is 6.77. The van der Waals surface area contributed by atoms with Gasteiger partial charge in [-0.25, -0.2) is 0 Å². The Balaban J connectivity index is 2.38. The summed E-state index contributed by atoms with van der Waals surface area (Å²) in [6, 6.07) is 1.99. The third kappa shape index (κ3) is 4.23. The Morgan fingerprint density at radius 1 is 1.56 bits per heavy atom. The van der Waals surface area contributed by atoms with Crippen molar-refractivity contribution in [2.24, 2.45) is 0 Å². The minimum absolute atomic E-state index is 0.178. The molecule has 0 spiro atoms. The number of aliphatic carboxylic acids is 1. The number of hydrogen-bond donors (Lipinski definition) is 2. The van der Waals surface area contributed by atoms with E-state index in [1.54, 1.807) is 11.3 Å². The zero-order valence-corrected chi connectivity index (χ0v) is 11.5. The Morgan fingerprint density at radius 2 is 2.25 bits per heavy atom. The third-order valence-electron chi connectivity index (χ3n) is 2.26. The third-order valence-corrected chi connectivity index (χ3v) is 4.33. The molecule has 1 unspecified atom stereocenters. The van der Waals surface area contributed by atoms with Crippen molar-refractivity contribution in [3.05, 3.63) is 20.3 Å². The lowest BCUT2D eigenvalue weighted by molar-refractivity contribution is -0.137. The van der Waals surface area contributed by atoms with E-state index in [0.29, 0.717) is 12.8 Å². The lowest BCUT2D eigenvalue weighted by atomic mass is 10.1. The van der Waals surface area contributed by atoms with Crippen LogP contribution in [-0.4, -0.2) is 16.2 Å². The quantitative estimate of drug-likeness (QED) is 0.791. The summed E-state index contributed by atoms with van der Waals surface area (Å²) in [5.41, 5.74) is 0. The lowest BCUT2D eigenvalue weighted by Crippen LogP contribution is -1.98. The highest BCUT2D eigenvalue weighted by Crippen LogP contribution is 2.34. The SMILES string of the molecule is Cc1cc(Br)c(C(O)CCCCC(=O)O)s1. The van der Waals surface area contributed by atoms with E-state index in [0.717, 1.165) is 20.6 Å². The van der Waals surface area contributed by atoms with Crippen LogP contribution < -0.4 is 0 Å². The van der Waals surface area contributed by atoms with E-state index in [4.69, 9.17) is 5.11 Å². The number of hydrogen-bond acceptors (Lipinski definition) is 3. The molecule has 1 rings (SSSR count). The maximum absolute atomic E-state index is 10.3. The molecule has 1 aromatic rings. The number of aliphatic hydroxyl groups is 1. The van der Waals surface area contributed by atoms with Gasteiger partial charge >= 0.3 is 5.97 Å². The fraction of sp³-hybridized carbons (Fsp3) is 0.545. The number of unbranched alkanes of at least 4 members (excludes halogenated alkanes) is 1. The molecular formula is C11H15BrO3S. The van der Waals surface area contributed by atoms with Gasteiger partial charge in [0.15, 0.2) is 0 Å². The van der Waals surface area contributed by atoms with Gasteiger partial charge in [0.05, 0.1) is 6.10 Å². The maximum atomic E-state index is 10.3. The molecule has 0 amide bonds. The smallest absolute Gasteiger partial charge is 0.303 e. The van der Waals surface area contributed by atoms with Crippen molar-refractivity contribution in [1.29, 1.82) is 0 Å². The molecule has 1 heterocycles. The molecule has 0 fully saturated rings. The van der Waals surface area contributed by atoms with Crippen LogP contribution in [0.4, 0.5) is 0 Å². The molecule has 0 aliphatic carbocycles. The number of rotatable bonds is 6. The fourth-order valence-corrected chi connectivity index (χ4v) is 3.41. The summed E-state index contributed by atoms with van der Waals surface area (Å²) in [5, 5.41) is 18.4. The van der Waals surface area contributed by atoms with Gasteiger partial charge in [0, 0.05) is 20.6 Å². The highest BCUT2D eigenvalue weighted by atomic mass is 79.9. The number of aryl methyl sites for hydroxylation is 1. The number of thiophene rings is 1. The molecule has 2 N–H and O–H groups in total. The second kappa shape index (κ2) is 6.37. The predicted molar refractivity (Wildman–Crippen MR) is 67.8 cm³/mol. The Labute approximate surface area is 107 Å². The summed E-state index contributed by atoms with van der Waals surface area (Å²) < 4.78 is 0.945. The predicted octanol–water partition coefficient (Wildman–Crippen LogP) is 3.50. The lowest BCUT2D eigenvalue weighted by Gasteiger charge is -2.08. The van der Waals surface area contributed by atoms with Crippen LogP contribution in [0.15, 0.2) is 10.5 Å². The van der Waals surface area contributed by atoms with Crippen molar-refractivity contribution < 1.29 is 15.0 Å². The molecule has 16 heavy (non-hydrogen) atoms. The van der Waals surface area contributed by atoms with Gasteiger partial charge < -0.3 is 10.2 Å². The Kier molecular flexibility index (Phi) is 5.44. The minimum Gasteiger partial charge on any atom is -0.481 e. The van der Waals surface area contributed by atoms with Crippen molar-refractivity contribution in [3.8, 4) is 0 Å². The van der Waals surface area contributed by atoms with Crippen molar-refractivity contribution in [3.63, 3.8) is 0 Å². The number of carboxylic acid groups (broad SMARTS) is 1. The fourth-order valence-electron chi connectivity index (χ4n) is 1.47. The molecule has 0 radical (unpaired) electrons. The van der Waals surface area contributed by atoms with Crippen LogP contribution in [0.2, 0.25) is 0 Å². The first-order chi connectivity index (χ1) is 7.50. The Hall–Kier alpha value is -0.390. The van der Waals surface area contributed by atoms with Crippen LogP contribution >= 0.6 is 27.3 Å². The van der Waals surface area contributed by atoms with E-state index >= 15 is 0 Å². The number of aliphatic hydroxyl groups excluding tert-OH is 1. The highest BCUT2D eigenvalue weighted by molar-refractivity contribution is 9.10. The summed E-state index contributed by atoms with van der Waals surface area (Å²) in [6.45, 7) is 2.00. The second-order valence-corrected chi connectivity index (χ2v) is 5.87. The molecule has 0 bridgehead atoms. The standard InChI is InChI=1S/C11H15BrO3S/c1-7-6-8(12)11(16-7)9(13)4-2-3-5-10(14)15/h6,9,13H,2-5H2,1H3,(H,14,15). The monoisotopic (exact) mass is 306 g/mol. The number of carbonyl (C=O) groups is 1. The molecule has 1 atom stereocenters. The number of halogens is 1. The van der Waals surface area contributed by atoms with Crippen LogP contribution in [0.25, 0.3) is 0 Å². The van der Waals surface area contributed by atoms with Gasteiger partial charge in [-0.3, -0.25) is 4.79 Å². The van der Waals surface area contributed by atoms with E-state index in [-0.39, 0.29) is 6.42 Å². The molecule has 90 valence electrons. The van der Waals surface area contributed by atoms with Gasteiger partial charge in [0.2, 0.25) is 0 Å². The molecule has 0 aromatic carbocycles. The van der Waals surface area contributed by atoms with Gasteiger partial charge in [-0.2, -0.15) is 0 Å². The van der Waals surface area contributed by atoms with Gasteiger partial charge in [-0.05, 0) is 48.2 Å². The van der Waals surface area contributed by atoms with Crippen molar-refractivity contribution in [2.45, 2.75) is 38.7 Å². The van der Waals surface area contributed by atoms with E-state index in [1.165, 1.54) is 0 Å². The molecule has 5 heteroatoms.